The predicted molar refractivity (Wildman–Crippen MR) is 135 cm³/mol. The second kappa shape index (κ2) is 10.3. The minimum Gasteiger partial charge on any atom is -0.298 e. The van der Waals surface area contributed by atoms with Crippen molar-refractivity contribution in [2.75, 3.05) is 18.4 Å². The molecule has 4 heterocycles. The van der Waals surface area contributed by atoms with Crippen LogP contribution in [0.2, 0.25) is 0 Å². The normalized spacial score (nSPS) is 16.4. The third-order valence-corrected chi connectivity index (χ3v) is 6.83. The molecule has 1 N–H and O–H groups in total. The van der Waals surface area contributed by atoms with Gasteiger partial charge in [0.1, 0.15) is 5.69 Å². The number of carbonyl (C=O) groups is 1. The molecule has 3 aromatic heterocycles. The van der Waals surface area contributed by atoms with Gasteiger partial charge in [0, 0.05) is 42.6 Å². The molecular formula is C26H28N6OS. The van der Waals surface area contributed by atoms with Crippen molar-refractivity contribution in [1.29, 1.82) is 0 Å². The number of rotatable bonds is 7. The first-order valence-corrected chi connectivity index (χ1v) is 12.5. The van der Waals surface area contributed by atoms with E-state index in [4.69, 9.17) is 5.10 Å². The fourth-order valence-corrected chi connectivity index (χ4v) is 5.11. The van der Waals surface area contributed by atoms with Crippen LogP contribution in [0.25, 0.3) is 11.3 Å². The Labute approximate surface area is 203 Å². The molecule has 34 heavy (non-hydrogen) atoms. The third-order valence-electron chi connectivity index (χ3n) is 6.03. The summed E-state index contributed by atoms with van der Waals surface area (Å²) in [7, 11) is 0. The molecule has 7 nitrogen and oxygen atoms in total. The third kappa shape index (κ3) is 5.40. The molecule has 4 aromatic rings. The van der Waals surface area contributed by atoms with E-state index in [0.29, 0.717) is 22.9 Å². The number of hydrogen-bond donors (Lipinski definition) is 1. The molecule has 0 aliphatic carbocycles. The fraction of sp³-hybridized carbons (Fsp3) is 0.308. The average Bonchev–Trinajstić information content (AvgIpc) is 3.47. The standard InChI is InChI=1S/C26H28N6OS/c1-19-7-6-12-31(14-19)16-22-18-34-26(28-22)29-25(33)23-17-32(15-20-8-3-2-4-9-20)30-24(23)21-10-5-11-27-13-21/h2-5,8-11,13,17-19H,6-7,12,14-16H2,1H3,(H,28,29,33). The van der Waals surface area contributed by atoms with Crippen molar-refractivity contribution in [2.24, 2.45) is 5.92 Å². The zero-order valence-electron chi connectivity index (χ0n) is 19.2. The van der Waals surface area contributed by atoms with Crippen LogP contribution in [0, 0.1) is 5.92 Å². The first kappa shape index (κ1) is 22.4. The van der Waals surface area contributed by atoms with Gasteiger partial charge in [0.05, 0.1) is 17.8 Å². The highest BCUT2D eigenvalue weighted by molar-refractivity contribution is 7.14. The summed E-state index contributed by atoms with van der Waals surface area (Å²) < 4.78 is 1.80. The van der Waals surface area contributed by atoms with Gasteiger partial charge in [-0.1, -0.05) is 37.3 Å². The fourth-order valence-electron chi connectivity index (χ4n) is 4.42. The molecule has 5 rings (SSSR count). The van der Waals surface area contributed by atoms with Crippen LogP contribution in [0.5, 0.6) is 0 Å². The Morgan fingerprint density at radius 3 is 2.85 bits per heavy atom. The Bertz CT molecular complexity index is 1240. The molecule has 1 atom stereocenters. The van der Waals surface area contributed by atoms with Crippen molar-refractivity contribution in [3.8, 4) is 11.3 Å². The average molecular weight is 473 g/mol. The summed E-state index contributed by atoms with van der Waals surface area (Å²) >= 11 is 1.46. The number of nitrogens with zero attached hydrogens (tertiary/aromatic N) is 5. The van der Waals surface area contributed by atoms with Gasteiger partial charge in [-0.15, -0.1) is 11.3 Å². The number of hydrogen-bond acceptors (Lipinski definition) is 6. The first-order chi connectivity index (χ1) is 16.6. The lowest BCUT2D eigenvalue weighted by molar-refractivity contribution is 0.102. The number of nitrogens with one attached hydrogen (secondary N) is 1. The Balaban J connectivity index is 1.34. The van der Waals surface area contributed by atoms with Gasteiger partial charge in [-0.05, 0) is 43.0 Å². The highest BCUT2D eigenvalue weighted by atomic mass is 32.1. The smallest absolute Gasteiger partial charge is 0.261 e. The van der Waals surface area contributed by atoms with Crippen molar-refractivity contribution < 1.29 is 4.79 Å². The van der Waals surface area contributed by atoms with Crippen LogP contribution in [-0.2, 0) is 13.1 Å². The number of likely N-dealkylation sites (tertiary alicyclic amines) is 1. The lowest BCUT2D eigenvalue weighted by atomic mass is 10.0. The molecule has 1 unspecified atom stereocenters. The maximum absolute atomic E-state index is 13.3. The van der Waals surface area contributed by atoms with Crippen LogP contribution in [0.15, 0.2) is 66.4 Å². The Morgan fingerprint density at radius 1 is 1.18 bits per heavy atom. The molecule has 0 radical (unpaired) electrons. The molecule has 0 saturated carbocycles. The van der Waals surface area contributed by atoms with Gasteiger partial charge in [0.25, 0.3) is 5.91 Å². The molecule has 1 aliphatic rings. The highest BCUT2D eigenvalue weighted by Gasteiger charge is 2.21. The predicted octanol–water partition coefficient (Wildman–Crippen LogP) is 4.93. The van der Waals surface area contributed by atoms with Crippen molar-refractivity contribution in [3.05, 3.63) is 83.3 Å². The van der Waals surface area contributed by atoms with Crippen molar-refractivity contribution in [3.63, 3.8) is 0 Å². The summed E-state index contributed by atoms with van der Waals surface area (Å²) in [5.41, 5.74) is 4.04. The molecule has 1 aromatic carbocycles. The number of carbonyl (C=O) groups excluding carboxylic acids is 1. The lowest BCUT2D eigenvalue weighted by Gasteiger charge is -2.30. The maximum Gasteiger partial charge on any atom is 0.261 e. The maximum atomic E-state index is 13.3. The minimum absolute atomic E-state index is 0.217. The number of piperidine rings is 1. The van der Waals surface area contributed by atoms with E-state index in [9.17, 15) is 4.79 Å². The van der Waals surface area contributed by atoms with Gasteiger partial charge in [-0.3, -0.25) is 24.7 Å². The van der Waals surface area contributed by atoms with Gasteiger partial charge in [0.2, 0.25) is 0 Å². The molecular weight excluding hydrogens is 444 g/mol. The topological polar surface area (TPSA) is 75.9 Å². The van der Waals surface area contributed by atoms with Crippen LogP contribution >= 0.6 is 11.3 Å². The van der Waals surface area contributed by atoms with Gasteiger partial charge in [-0.25, -0.2) is 4.98 Å². The summed E-state index contributed by atoms with van der Waals surface area (Å²) in [6.45, 7) is 5.92. The summed E-state index contributed by atoms with van der Waals surface area (Å²) in [4.78, 5) is 24.6. The van der Waals surface area contributed by atoms with Crippen LogP contribution in [0.1, 0.15) is 41.4 Å². The van der Waals surface area contributed by atoms with Gasteiger partial charge >= 0.3 is 0 Å². The summed E-state index contributed by atoms with van der Waals surface area (Å²) in [5, 5.41) is 10.4. The monoisotopic (exact) mass is 472 g/mol. The molecule has 174 valence electrons. The van der Waals surface area contributed by atoms with E-state index in [1.165, 1.54) is 24.2 Å². The van der Waals surface area contributed by atoms with E-state index in [0.717, 1.165) is 42.4 Å². The molecule has 0 spiro atoms. The number of anilines is 1. The van der Waals surface area contributed by atoms with Crippen LogP contribution < -0.4 is 5.32 Å². The summed E-state index contributed by atoms with van der Waals surface area (Å²) in [6, 6.07) is 13.8. The summed E-state index contributed by atoms with van der Waals surface area (Å²) in [5.74, 6) is 0.510. The molecule has 1 fully saturated rings. The van der Waals surface area contributed by atoms with E-state index in [1.54, 1.807) is 23.3 Å². The minimum atomic E-state index is -0.217. The van der Waals surface area contributed by atoms with E-state index >= 15 is 0 Å². The molecule has 1 amide bonds. The number of aromatic nitrogens is 4. The zero-order valence-corrected chi connectivity index (χ0v) is 20.0. The van der Waals surface area contributed by atoms with Gasteiger partial charge in [0.15, 0.2) is 5.13 Å². The first-order valence-electron chi connectivity index (χ1n) is 11.6. The Hall–Kier alpha value is -3.36. The highest BCUT2D eigenvalue weighted by Crippen LogP contribution is 2.25. The van der Waals surface area contributed by atoms with Crippen LogP contribution in [0.3, 0.4) is 0 Å². The molecule has 0 bridgehead atoms. The summed E-state index contributed by atoms with van der Waals surface area (Å²) in [6.07, 6.45) is 7.77. The molecule has 1 saturated heterocycles. The van der Waals surface area contributed by atoms with Crippen molar-refractivity contribution >= 4 is 22.4 Å². The van der Waals surface area contributed by atoms with Crippen molar-refractivity contribution in [2.45, 2.75) is 32.9 Å². The number of amides is 1. The second-order valence-electron chi connectivity index (χ2n) is 8.90. The van der Waals surface area contributed by atoms with E-state index < -0.39 is 0 Å². The SMILES string of the molecule is CC1CCCN(Cc2csc(NC(=O)c3cn(Cc4ccccc4)nc3-c3cccnc3)n2)C1. The van der Waals surface area contributed by atoms with Gasteiger partial charge < -0.3 is 0 Å². The Kier molecular flexibility index (Phi) is 6.78. The van der Waals surface area contributed by atoms with E-state index in [1.807, 2.05) is 47.8 Å². The lowest BCUT2D eigenvalue weighted by Crippen LogP contribution is -2.33. The number of thiazole rings is 1. The zero-order chi connectivity index (χ0) is 23.3. The van der Waals surface area contributed by atoms with Crippen LogP contribution in [-0.4, -0.2) is 43.6 Å². The molecule has 1 aliphatic heterocycles. The van der Waals surface area contributed by atoms with Crippen LogP contribution in [0.4, 0.5) is 5.13 Å². The number of benzene rings is 1. The van der Waals surface area contributed by atoms with E-state index in [2.05, 4.69) is 27.1 Å². The molecule has 8 heteroatoms. The van der Waals surface area contributed by atoms with Crippen molar-refractivity contribution in [1.82, 2.24) is 24.6 Å². The Morgan fingerprint density at radius 2 is 2.06 bits per heavy atom. The van der Waals surface area contributed by atoms with Gasteiger partial charge in [-0.2, -0.15) is 5.10 Å². The quantitative estimate of drug-likeness (QED) is 0.413. The number of pyridine rings is 1. The largest absolute Gasteiger partial charge is 0.298 e. The van der Waals surface area contributed by atoms with E-state index in [-0.39, 0.29) is 5.91 Å². The second-order valence-corrected chi connectivity index (χ2v) is 9.75.